The summed E-state index contributed by atoms with van der Waals surface area (Å²) < 4.78 is 1.28. The van der Waals surface area contributed by atoms with Crippen LogP contribution >= 0.6 is 11.6 Å². The number of amides is 3. The fourth-order valence-electron chi connectivity index (χ4n) is 4.23. The van der Waals surface area contributed by atoms with E-state index in [0.717, 1.165) is 45.2 Å². The first-order valence-electron chi connectivity index (χ1n) is 12.1. The number of rotatable bonds is 8. The van der Waals surface area contributed by atoms with Gasteiger partial charge in [-0.25, -0.2) is 9.67 Å². The molecule has 0 unspecified atom stereocenters. The van der Waals surface area contributed by atoms with Crippen molar-refractivity contribution in [3.8, 4) is 0 Å². The molecule has 1 aliphatic heterocycles. The summed E-state index contributed by atoms with van der Waals surface area (Å²) in [5.74, 6) is -0.779. The molecule has 11 heteroatoms. The van der Waals surface area contributed by atoms with E-state index < -0.39 is 5.91 Å². The van der Waals surface area contributed by atoms with Crippen LogP contribution in [0.5, 0.6) is 0 Å². The van der Waals surface area contributed by atoms with Crippen LogP contribution in [-0.2, 0) is 11.3 Å². The number of piperidine rings is 1. The predicted octanol–water partition coefficient (Wildman–Crippen LogP) is 2.46. The van der Waals surface area contributed by atoms with Crippen LogP contribution in [0.4, 0.5) is 5.82 Å². The van der Waals surface area contributed by atoms with Gasteiger partial charge in [0.25, 0.3) is 11.8 Å². The van der Waals surface area contributed by atoms with Crippen LogP contribution in [0.2, 0.25) is 5.02 Å². The number of nitrogens with one attached hydrogen (secondary N) is 3. The Balaban J connectivity index is 1.46. The average molecular weight is 502 g/mol. The minimum Gasteiger partial charge on any atom is -0.348 e. The molecule has 0 radical (unpaired) electrons. The Morgan fingerprint density at radius 1 is 1.06 bits per heavy atom. The van der Waals surface area contributed by atoms with Crippen molar-refractivity contribution in [3.63, 3.8) is 0 Å². The summed E-state index contributed by atoms with van der Waals surface area (Å²) >= 11 is 5.85. The number of pyridine rings is 1. The Labute approximate surface area is 209 Å². The van der Waals surface area contributed by atoms with Crippen LogP contribution in [0.25, 0.3) is 0 Å². The summed E-state index contributed by atoms with van der Waals surface area (Å²) in [6.07, 6.45) is 6.07. The lowest BCUT2D eigenvalue weighted by Crippen LogP contribution is -2.47. The molecule has 0 spiro atoms. The van der Waals surface area contributed by atoms with E-state index in [2.05, 4.69) is 44.8 Å². The third kappa shape index (κ3) is 6.58. The number of carbonyl (C=O) groups excluding carboxylic acids is 3. The molecule has 1 saturated heterocycles. The first-order valence-corrected chi connectivity index (χ1v) is 12.5. The quantitative estimate of drug-likeness (QED) is 0.511. The van der Waals surface area contributed by atoms with E-state index in [-0.39, 0.29) is 41.8 Å². The van der Waals surface area contributed by atoms with E-state index in [9.17, 15) is 14.4 Å². The predicted molar refractivity (Wildman–Crippen MR) is 132 cm³/mol. The second-order valence-electron chi connectivity index (χ2n) is 9.46. The minimum absolute atomic E-state index is 0.0280. The molecule has 4 rings (SSSR count). The molecule has 1 saturated carbocycles. The molecule has 10 nitrogen and oxygen atoms in total. The van der Waals surface area contributed by atoms with Gasteiger partial charge in [0.2, 0.25) is 5.91 Å². The summed E-state index contributed by atoms with van der Waals surface area (Å²) in [6, 6.07) is 5.29. The average Bonchev–Trinajstić information content (AvgIpc) is 3.22. The van der Waals surface area contributed by atoms with Gasteiger partial charge in [0.1, 0.15) is 18.1 Å². The monoisotopic (exact) mass is 501 g/mol. The van der Waals surface area contributed by atoms with Crippen LogP contribution < -0.4 is 16.0 Å². The highest BCUT2D eigenvalue weighted by molar-refractivity contribution is 6.30. The van der Waals surface area contributed by atoms with E-state index in [1.165, 1.54) is 16.9 Å². The highest BCUT2D eigenvalue weighted by Crippen LogP contribution is 2.19. The van der Waals surface area contributed by atoms with Crippen LogP contribution in [0.15, 0.2) is 24.4 Å². The molecule has 0 bridgehead atoms. The van der Waals surface area contributed by atoms with Gasteiger partial charge >= 0.3 is 0 Å². The number of aromatic nitrogens is 3. The number of hydrogen-bond acceptors (Lipinski definition) is 6. The number of hydrogen-bond donors (Lipinski definition) is 3. The smallest absolute Gasteiger partial charge is 0.272 e. The zero-order valence-corrected chi connectivity index (χ0v) is 20.8. The van der Waals surface area contributed by atoms with Gasteiger partial charge in [-0.2, -0.15) is 5.10 Å². The molecular weight excluding hydrogens is 470 g/mol. The van der Waals surface area contributed by atoms with Crippen LogP contribution in [0, 0.1) is 0 Å². The van der Waals surface area contributed by atoms with Gasteiger partial charge in [0.05, 0.1) is 5.02 Å². The molecule has 0 aromatic carbocycles. The fourth-order valence-corrected chi connectivity index (χ4v) is 4.34. The van der Waals surface area contributed by atoms with Crippen molar-refractivity contribution in [2.24, 2.45) is 0 Å². The second-order valence-corrected chi connectivity index (χ2v) is 9.90. The topological polar surface area (TPSA) is 121 Å². The maximum absolute atomic E-state index is 13.2. The van der Waals surface area contributed by atoms with E-state index in [1.54, 1.807) is 12.1 Å². The summed E-state index contributed by atoms with van der Waals surface area (Å²) in [4.78, 5) is 45.0. The van der Waals surface area contributed by atoms with E-state index in [1.807, 2.05) is 0 Å². The molecule has 2 aliphatic rings. The van der Waals surface area contributed by atoms with Gasteiger partial charge in [-0.15, -0.1) is 0 Å². The molecule has 35 heavy (non-hydrogen) atoms. The van der Waals surface area contributed by atoms with Crippen LogP contribution in [0.1, 0.15) is 66.9 Å². The number of likely N-dealkylation sites (tertiary alicyclic amines) is 1. The lowest BCUT2D eigenvalue weighted by Gasteiger charge is -2.34. The van der Waals surface area contributed by atoms with E-state index >= 15 is 0 Å². The standard InChI is InChI=1S/C24H32ClN7O3/c1-15(2)31-10-8-18(9-11-31)28-24(35)20-12-19(23(34)27-17-4-3-5-17)30-32(20)14-22(33)29-21-7-6-16(25)13-26-21/h6-7,12-13,15,17-18H,3-5,8-11,14H2,1-2H3,(H,27,34)(H,28,35)(H,26,29,33). The van der Waals surface area contributed by atoms with Crippen LogP contribution in [0.3, 0.4) is 0 Å². The summed E-state index contributed by atoms with van der Waals surface area (Å²) in [5, 5.41) is 13.4. The Hall–Kier alpha value is -2.98. The van der Waals surface area contributed by atoms with Crippen molar-refractivity contribution in [2.75, 3.05) is 18.4 Å². The highest BCUT2D eigenvalue weighted by atomic mass is 35.5. The Kier molecular flexibility index (Phi) is 8.02. The molecule has 3 heterocycles. The Morgan fingerprint density at radius 3 is 2.34 bits per heavy atom. The molecule has 2 aromatic rings. The van der Waals surface area contributed by atoms with Gasteiger partial charge in [-0.3, -0.25) is 14.4 Å². The maximum Gasteiger partial charge on any atom is 0.272 e. The minimum atomic E-state index is -0.423. The third-order valence-electron chi connectivity index (χ3n) is 6.57. The van der Waals surface area contributed by atoms with Crippen molar-refractivity contribution in [1.29, 1.82) is 0 Å². The lowest BCUT2D eigenvalue weighted by molar-refractivity contribution is -0.116. The molecule has 188 valence electrons. The molecule has 3 amide bonds. The number of anilines is 1. The van der Waals surface area contributed by atoms with Gasteiger partial charge in [-0.05, 0) is 58.1 Å². The number of halogens is 1. The molecule has 3 N–H and O–H groups in total. The summed E-state index contributed by atoms with van der Waals surface area (Å²) in [5.41, 5.74) is 0.295. The SMILES string of the molecule is CC(C)N1CCC(NC(=O)c2cc(C(=O)NC3CCC3)nn2CC(=O)Nc2ccc(Cl)cn2)CC1. The maximum atomic E-state index is 13.2. The summed E-state index contributed by atoms with van der Waals surface area (Å²) in [6.45, 7) is 5.91. The van der Waals surface area contributed by atoms with Crippen molar-refractivity contribution in [1.82, 2.24) is 30.3 Å². The first-order chi connectivity index (χ1) is 16.8. The molecule has 1 aliphatic carbocycles. The molecule has 2 fully saturated rings. The van der Waals surface area contributed by atoms with E-state index in [0.29, 0.717) is 16.9 Å². The number of carbonyl (C=O) groups is 3. The zero-order chi connectivity index (χ0) is 24.9. The zero-order valence-electron chi connectivity index (χ0n) is 20.1. The third-order valence-corrected chi connectivity index (χ3v) is 6.79. The number of nitrogens with zero attached hydrogens (tertiary/aromatic N) is 4. The molecular formula is C24H32ClN7O3. The normalized spacial score (nSPS) is 17.1. The molecule has 0 atom stereocenters. The molecule has 2 aromatic heterocycles. The second kappa shape index (κ2) is 11.2. The Morgan fingerprint density at radius 2 is 1.74 bits per heavy atom. The fraction of sp³-hybridized carbons (Fsp3) is 0.542. The van der Waals surface area contributed by atoms with Crippen LogP contribution in [-0.4, -0.2) is 68.6 Å². The summed E-state index contributed by atoms with van der Waals surface area (Å²) in [7, 11) is 0. The van der Waals surface area contributed by atoms with Crippen molar-refractivity contribution < 1.29 is 14.4 Å². The van der Waals surface area contributed by atoms with Gasteiger partial charge in [0, 0.05) is 43.5 Å². The van der Waals surface area contributed by atoms with Gasteiger partial charge < -0.3 is 20.9 Å². The highest BCUT2D eigenvalue weighted by Gasteiger charge is 2.27. The first kappa shape index (κ1) is 25.1. The lowest BCUT2D eigenvalue weighted by atomic mass is 9.93. The van der Waals surface area contributed by atoms with Gasteiger partial charge in [-0.1, -0.05) is 11.6 Å². The largest absolute Gasteiger partial charge is 0.348 e. The van der Waals surface area contributed by atoms with Crippen molar-refractivity contribution >= 4 is 35.1 Å². The van der Waals surface area contributed by atoms with Crippen molar-refractivity contribution in [3.05, 3.63) is 40.8 Å². The van der Waals surface area contributed by atoms with E-state index in [4.69, 9.17) is 11.6 Å². The van der Waals surface area contributed by atoms with Gasteiger partial charge in [0.15, 0.2) is 5.69 Å². The Bertz CT molecular complexity index is 1060. The van der Waals surface area contributed by atoms with Crippen molar-refractivity contribution in [2.45, 2.75) is 70.6 Å².